The van der Waals surface area contributed by atoms with Crippen LogP contribution in [0.5, 0.6) is 5.75 Å². The fourth-order valence-electron chi connectivity index (χ4n) is 4.72. The summed E-state index contributed by atoms with van der Waals surface area (Å²) < 4.78 is 53.6. The van der Waals surface area contributed by atoms with Gasteiger partial charge in [-0.1, -0.05) is 0 Å². The summed E-state index contributed by atoms with van der Waals surface area (Å²) in [5.74, 6) is 1.09. The van der Waals surface area contributed by atoms with Crippen molar-refractivity contribution in [3.05, 3.63) is 79.1 Å². The van der Waals surface area contributed by atoms with Crippen LogP contribution in [0.1, 0.15) is 12.8 Å². The molecule has 10 nitrogen and oxygen atoms in total. The third-order valence-electron chi connectivity index (χ3n) is 6.76. The number of hydrogen-bond donors (Lipinski definition) is 1. The van der Waals surface area contributed by atoms with Crippen molar-refractivity contribution in [3.8, 4) is 28.4 Å². The zero-order valence-corrected chi connectivity index (χ0v) is 21.8. The van der Waals surface area contributed by atoms with Crippen molar-refractivity contribution < 1.29 is 22.0 Å². The summed E-state index contributed by atoms with van der Waals surface area (Å²) in [5.41, 5.74) is 2.64. The largest absolute Gasteiger partial charge is 0.497 e. The van der Waals surface area contributed by atoms with Crippen molar-refractivity contribution in [3.63, 3.8) is 0 Å². The van der Waals surface area contributed by atoms with Gasteiger partial charge in [-0.25, -0.2) is 22.8 Å². The van der Waals surface area contributed by atoms with E-state index in [-0.39, 0.29) is 16.8 Å². The van der Waals surface area contributed by atoms with Gasteiger partial charge in [-0.05, 0) is 67.4 Å². The van der Waals surface area contributed by atoms with Gasteiger partial charge >= 0.3 is 5.84 Å². The molecule has 0 radical (unpaired) electrons. The van der Waals surface area contributed by atoms with Gasteiger partial charge in [-0.2, -0.15) is 9.29 Å². The topological polar surface area (TPSA) is 115 Å². The van der Waals surface area contributed by atoms with E-state index in [9.17, 15) is 12.8 Å². The molecule has 0 unspecified atom stereocenters. The van der Waals surface area contributed by atoms with E-state index in [1.165, 1.54) is 22.7 Å². The van der Waals surface area contributed by atoms with Gasteiger partial charge < -0.3 is 14.5 Å². The first-order chi connectivity index (χ1) is 18.9. The number of oxazole rings is 1. The molecule has 1 aliphatic heterocycles. The van der Waals surface area contributed by atoms with Crippen molar-refractivity contribution in [2.24, 2.45) is 0 Å². The molecular weight excluding hydrogens is 523 g/mol. The molecule has 0 amide bonds. The van der Waals surface area contributed by atoms with Crippen molar-refractivity contribution >= 4 is 21.8 Å². The van der Waals surface area contributed by atoms with Crippen LogP contribution in [-0.2, 0) is 10.0 Å². The van der Waals surface area contributed by atoms with E-state index in [1.54, 1.807) is 66.4 Å². The average molecular weight is 549 g/mol. The Bertz CT molecular complexity index is 1710. The van der Waals surface area contributed by atoms with Crippen LogP contribution in [-0.4, -0.2) is 58.3 Å². The number of halogens is 1. The molecule has 4 heterocycles. The molecule has 0 bridgehead atoms. The highest BCUT2D eigenvalue weighted by molar-refractivity contribution is 7.89. The Kier molecular flexibility index (Phi) is 6.49. The summed E-state index contributed by atoms with van der Waals surface area (Å²) in [6.45, 7) is 0.747. The standard InChI is InChI=1S/C27H25FN6O4S/c1-37-21-6-8-22(9-7-21)39(35,36)33-14-11-20(12-15-33)30-26-29-13-10-23(31-26)25-24(18-2-4-19(28)5-3-18)32-27-34(25)16-17-38-27/h2-10,13,16-17,20H,11-12,14-15H2,1H3,(H,29,30,31). The Hall–Kier alpha value is -4.29. The fraction of sp³-hybridized carbons (Fsp3) is 0.222. The molecule has 3 aromatic heterocycles. The molecule has 200 valence electrons. The second-order valence-corrected chi connectivity index (χ2v) is 11.1. The van der Waals surface area contributed by atoms with E-state index in [1.807, 2.05) is 0 Å². The maximum atomic E-state index is 13.5. The minimum Gasteiger partial charge on any atom is -0.497 e. The Morgan fingerprint density at radius 3 is 2.49 bits per heavy atom. The molecule has 0 spiro atoms. The molecule has 1 fully saturated rings. The predicted molar refractivity (Wildman–Crippen MR) is 142 cm³/mol. The zero-order valence-electron chi connectivity index (χ0n) is 21.0. The Balaban J connectivity index is 1.19. The first-order valence-corrected chi connectivity index (χ1v) is 13.8. The van der Waals surface area contributed by atoms with Crippen LogP contribution in [0.4, 0.5) is 10.3 Å². The smallest absolute Gasteiger partial charge is 0.306 e. The number of anilines is 1. The Morgan fingerprint density at radius 1 is 1.03 bits per heavy atom. The molecule has 6 rings (SSSR count). The number of rotatable bonds is 7. The number of methoxy groups -OCH3 is 1. The van der Waals surface area contributed by atoms with Crippen molar-refractivity contribution in [1.82, 2.24) is 23.7 Å². The average Bonchev–Trinajstić information content (AvgIpc) is 3.56. The molecule has 0 aliphatic carbocycles. The van der Waals surface area contributed by atoms with Crippen LogP contribution in [0.15, 0.2) is 82.6 Å². The summed E-state index contributed by atoms with van der Waals surface area (Å²) in [4.78, 5) is 13.9. The monoisotopic (exact) mass is 548 g/mol. The van der Waals surface area contributed by atoms with E-state index in [4.69, 9.17) is 14.1 Å². The van der Waals surface area contributed by atoms with Gasteiger partial charge in [0.1, 0.15) is 29.2 Å². The third kappa shape index (κ3) is 4.84. The molecule has 39 heavy (non-hydrogen) atoms. The highest BCUT2D eigenvalue weighted by atomic mass is 32.2. The lowest BCUT2D eigenvalue weighted by atomic mass is 10.1. The SMILES string of the molecule is COc1ccc(S(=O)(=O)N2CCC(Nc3nccc(-c4c(-c5ccc(F)cc5)nc5occn45)n3)CC2)cc1. The number of fused-ring (bicyclic) bond motifs is 1. The van der Waals surface area contributed by atoms with Crippen molar-refractivity contribution in [1.29, 1.82) is 0 Å². The minimum atomic E-state index is -3.59. The highest BCUT2D eigenvalue weighted by Gasteiger charge is 2.30. The number of imidazole rings is 1. The van der Waals surface area contributed by atoms with Crippen LogP contribution >= 0.6 is 0 Å². The van der Waals surface area contributed by atoms with Gasteiger partial charge in [0.15, 0.2) is 0 Å². The molecule has 1 saturated heterocycles. The number of hydrogen-bond acceptors (Lipinski definition) is 8. The first kappa shape index (κ1) is 25.0. The van der Waals surface area contributed by atoms with Gasteiger partial charge in [0.2, 0.25) is 16.0 Å². The number of nitrogens with zero attached hydrogens (tertiary/aromatic N) is 5. The van der Waals surface area contributed by atoms with E-state index < -0.39 is 10.0 Å². The van der Waals surface area contributed by atoms with E-state index >= 15 is 0 Å². The maximum Gasteiger partial charge on any atom is 0.306 e. The van der Waals surface area contributed by atoms with Gasteiger partial charge in [0.05, 0.1) is 17.7 Å². The molecule has 0 saturated carbocycles. The quantitative estimate of drug-likeness (QED) is 0.317. The van der Waals surface area contributed by atoms with Crippen molar-refractivity contribution in [2.45, 2.75) is 23.8 Å². The van der Waals surface area contributed by atoms with Gasteiger partial charge in [0, 0.05) is 37.1 Å². The normalized spacial score (nSPS) is 15.0. The Morgan fingerprint density at radius 2 is 1.77 bits per heavy atom. The Labute approximate surface area is 224 Å². The lowest BCUT2D eigenvalue weighted by Crippen LogP contribution is -2.42. The summed E-state index contributed by atoms with van der Waals surface area (Å²) in [6, 6.07) is 14.3. The molecule has 2 aromatic carbocycles. The molecular formula is C27H25FN6O4S. The van der Waals surface area contributed by atoms with E-state index in [2.05, 4.69) is 15.3 Å². The molecule has 5 aromatic rings. The van der Waals surface area contributed by atoms with E-state index in [0.717, 1.165) is 5.56 Å². The lowest BCUT2D eigenvalue weighted by molar-refractivity contribution is 0.329. The van der Waals surface area contributed by atoms with Gasteiger partial charge in [0.25, 0.3) is 0 Å². The summed E-state index contributed by atoms with van der Waals surface area (Å²) in [5, 5.41) is 3.36. The second-order valence-electron chi connectivity index (χ2n) is 9.14. The van der Waals surface area contributed by atoms with Crippen molar-refractivity contribution in [2.75, 3.05) is 25.5 Å². The van der Waals surface area contributed by atoms with Gasteiger partial charge in [-0.3, -0.25) is 4.40 Å². The van der Waals surface area contributed by atoms with E-state index in [0.29, 0.717) is 60.6 Å². The number of piperidine rings is 1. The minimum absolute atomic E-state index is 0.00137. The summed E-state index contributed by atoms with van der Waals surface area (Å²) >= 11 is 0. The third-order valence-corrected chi connectivity index (χ3v) is 8.68. The predicted octanol–water partition coefficient (Wildman–Crippen LogP) is 4.46. The number of aromatic nitrogens is 4. The van der Waals surface area contributed by atoms with Crippen LogP contribution < -0.4 is 10.1 Å². The van der Waals surface area contributed by atoms with Crippen LogP contribution in [0.2, 0.25) is 0 Å². The maximum absolute atomic E-state index is 13.5. The fourth-order valence-corrected chi connectivity index (χ4v) is 6.19. The molecule has 0 atom stereocenters. The zero-order chi connectivity index (χ0) is 27.0. The summed E-state index contributed by atoms with van der Waals surface area (Å²) in [6.07, 6.45) is 6.14. The summed E-state index contributed by atoms with van der Waals surface area (Å²) in [7, 11) is -2.05. The highest BCUT2D eigenvalue weighted by Crippen LogP contribution is 2.33. The molecule has 1 N–H and O–H groups in total. The van der Waals surface area contributed by atoms with Crippen LogP contribution in [0.3, 0.4) is 0 Å². The first-order valence-electron chi connectivity index (χ1n) is 12.4. The number of ether oxygens (including phenoxy) is 1. The van der Waals surface area contributed by atoms with Crippen LogP contribution in [0.25, 0.3) is 28.5 Å². The molecule has 1 aliphatic rings. The molecule has 12 heteroatoms. The number of sulfonamides is 1. The second kappa shape index (κ2) is 10.1. The lowest BCUT2D eigenvalue weighted by Gasteiger charge is -2.31. The number of nitrogens with one attached hydrogen (secondary N) is 1. The van der Waals surface area contributed by atoms with Crippen LogP contribution in [0, 0.1) is 5.82 Å². The van der Waals surface area contributed by atoms with Gasteiger partial charge in [-0.15, -0.1) is 0 Å². The number of benzene rings is 2.